The van der Waals surface area contributed by atoms with E-state index in [-0.39, 0.29) is 11.7 Å². The van der Waals surface area contributed by atoms with Gasteiger partial charge in [-0.25, -0.2) is 4.39 Å². The van der Waals surface area contributed by atoms with Crippen LogP contribution in [0.25, 0.3) is 0 Å². The zero-order chi connectivity index (χ0) is 14.8. The highest BCUT2D eigenvalue weighted by molar-refractivity contribution is 7.99. The first-order chi connectivity index (χ1) is 10.1. The Morgan fingerprint density at radius 1 is 1.38 bits per heavy atom. The van der Waals surface area contributed by atoms with Crippen LogP contribution in [-0.4, -0.2) is 17.7 Å². The number of benzene rings is 1. The molecule has 1 aromatic rings. The van der Waals surface area contributed by atoms with Crippen LogP contribution >= 0.6 is 23.4 Å². The number of thioether (sulfide) groups is 1. The predicted octanol–water partition coefficient (Wildman–Crippen LogP) is 4.02. The Balaban J connectivity index is 1.44. The summed E-state index contributed by atoms with van der Waals surface area (Å²) in [6.07, 6.45) is 5.01. The van der Waals surface area contributed by atoms with Crippen molar-refractivity contribution in [2.24, 2.45) is 11.8 Å². The van der Waals surface area contributed by atoms with Crippen LogP contribution in [0, 0.1) is 17.7 Å². The van der Waals surface area contributed by atoms with E-state index in [1.807, 2.05) is 0 Å². The monoisotopic (exact) mass is 327 g/mol. The zero-order valence-electron chi connectivity index (χ0n) is 11.8. The van der Waals surface area contributed by atoms with Crippen LogP contribution in [-0.2, 0) is 10.5 Å². The first-order valence-corrected chi connectivity index (χ1v) is 8.96. The van der Waals surface area contributed by atoms with Gasteiger partial charge in [-0.3, -0.25) is 4.79 Å². The molecule has 1 amide bonds. The van der Waals surface area contributed by atoms with Gasteiger partial charge in [0, 0.05) is 22.4 Å². The van der Waals surface area contributed by atoms with Crippen LogP contribution in [0.4, 0.5) is 4.39 Å². The van der Waals surface area contributed by atoms with Crippen LogP contribution in [0.5, 0.6) is 0 Å². The number of hydrogen-bond donors (Lipinski definition) is 1. The number of carbonyl (C=O) groups excluding carboxylic acids is 1. The van der Waals surface area contributed by atoms with E-state index in [1.54, 1.807) is 12.1 Å². The summed E-state index contributed by atoms with van der Waals surface area (Å²) >= 11 is 7.38. The smallest absolute Gasteiger partial charge is 0.230 e. The van der Waals surface area contributed by atoms with Gasteiger partial charge in [0.25, 0.3) is 0 Å². The molecule has 21 heavy (non-hydrogen) atoms. The van der Waals surface area contributed by atoms with Crippen molar-refractivity contribution in [2.75, 3.05) is 5.75 Å². The number of fused-ring (bicyclic) bond motifs is 2. The molecule has 5 heteroatoms. The number of carbonyl (C=O) groups is 1. The topological polar surface area (TPSA) is 29.1 Å². The molecule has 2 saturated carbocycles. The molecule has 2 bridgehead atoms. The lowest BCUT2D eigenvalue weighted by atomic mass is 9.95. The third-order valence-electron chi connectivity index (χ3n) is 4.63. The van der Waals surface area contributed by atoms with Crippen molar-refractivity contribution in [3.05, 3.63) is 34.6 Å². The Hall–Kier alpha value is -0.740. The number of hydrogen-bond acceptors (Lipinski definition) is 2. The van der Waals surface area contributed by atoms with Gasteiger partial charge in [0.05, 0.1) is 5.75 Å². The summed E-state index contributed by atoms with van der Waals surface area (Å²) in [4.78, 5) is 12.0. The molecule has 0 spiro atoms. The van der Waals surface area contributed by atoms with Crippen LogP contribution in [0.15, 0.2) is 18.2 Å². The van der Waals surface area contributed by atoms with Gasteiger partial charge < -0.3 is 5.32 Å². The van der Waals surface area contributed by atoms with E-state index >= 15 is 0 Å². The molecule has 1 aromatic carbocycles. The van der Waals surface area contributed by atoms with Crippen LogP contribution in [0.1, 0.15) is 31.2 Å². The van der Waals surface area contributed by atoms with Gasteiger partial charge in [0.2, 0.25) is 5.91 Å². The molecule has 0 saturated heterocycles. The molecule has 3 atom stereocenters. The van der Waals surface area contributed by atoms with Crippen LogP contribution in [0.3, 0.4) is 0 Å². The maximum Gasteiger partial charge on any atom is 0.230 e. The highest BCUT2D eigenvalue weighted by atomic mass is 35.5. The summed E-state index contributed by atoms with van der Waals surface area (Å²) in [6.45, 7) is 0. The number of amides is 1. The summed E-state index contributed by atoms with van der Waals surface area (Å²) in [6, 6.07) is 5.04. The number of rotatable bonds is 5. The fourth-order valence-corrected chi connectivity index (χ4v) is 4.76. The van der Waals surface area contributed by atoms with E-state index in [0.29, 0.717) is 34.1 Å². The first-order valence-electron chi connectivity index (χ1n) is 7.43. The normalized spacial score (nSPS) is 27.0. The highest BCUT2D eigenvalue weighted by Crippen LogP contribution is 2.44. The van der Waals surface area contributed by atoms with Crippen molar-refractivity contribution >= 4 is 29.3 Å². The van der Waals surface area contributed by atoms with Crippen molar-refractivity contribution < 1.29 is 9.18 Å². The average molecular weight is 328 g/mol. The second-order valence-corrected chi connectivity index (χ2v) is 7.43. The molecule has 2 fully saturated rings. The van der Waals surface area contributed by atoms with Crippen LogP contribution < -0.4 is 5.32 Å². The van der Waals surface area contributed by atoms with E-state index in [0.717, 1.165) is 12.3 Å². The molecule has 2 aliphatic carbocycles. The highest BCUT2D eigenvalue weighted by Gasteiger charge is 2.39. The molecule has 1 N–H and O–H groups in total. The van der Waals surface area contributed by atoms with Crippen molar-refractivity contribution in [1.29, 1.82) is 0 Å². The SMILES string of the molecule is O=C(CSCc1c(F)cccc1Cl)N[C@@H]1C[C@@H]2CC[C@H]1C2. The van der Waals surface area contributed by atoms with Gasteiger partial charge in [-0.2, -0.15) is 0 Å². The molecule has 2 aliphatic rings. The van der Waals surface area contributed by atoms with Crippen molar-refractivity contribution in [1.82, 2.24) is 5.32 Å². The lowest BCUT2D eigenvalue weighted by Crippen LogP contribution is -2.39. The Morgan fingerprint density at radius 3 is 2.90 bits per heavy atom. The Bertz CT molecular complexity index is 519. The molecular formula is C16H19ClFNOS. The largest absolute Gasteiger partial charge is 0.352 e. The summed E-state index contributed by atoms with van der Waals surface area (Å²) in [5, 5.41) is 3.57. The summed E-state index contributed by atoms with van der Waals surface area (Å²) in [5.74, 6) is 2.05. The maximum absolute atomic E-state index is 13.6. The lowest BCUT2D eigenvalue weighted by molar-refractivity contribution is -0.119. The molecule has 2 nitrogen and oxygen atoms in total. The summed E-state index contributed by atoms with van der Waals surface area (Å²) in [7, 11) is 0. The van der Waals surface area contributed by atoms with E-state index in [9.17, 15) is 9.18 Å². The van der Waals surface area contributed by atoms with Gasteiger partial charge in [0.15, 0.2) is 0 Å². The van der Waals surface area contributed by atoms with Crippen LogP contribution in [0.2, 0.25) is 5.02 Å². The number of nitrogens with one attached hydrogen (secondary N) is 1. The minimum absolute atomic E-state index is 0.0602. The molecule has 114 valence electrons. The average Bonchev–Trinajstić information content (AvgIpc) is 3.04. The standard InChI is InChI=1S/C16H19ClFNOS/c17-13-2-1-3-14(18)12(13)8-21-9-16(20)19-15-7-10-4-5-11(15)6-10/h1-3,10-11,15H,4-9H2,(H,19,20)/t10-,11+,15-/m1/s1. The fourth-order valence-electron chi connectivity index (χ4n) is 3.59. The quantitative estimate of drug-likeness (QED) is 0.885. The third kappa shape index (κ3) is 3.54. The Morgan fingerprint density at radius 2 is 2.24 bits per heavy atom. The van der Waals surface area contributed by atoms with Crippen molar-refractivity contribution in [2.45, 2.75) is 37.5 Å². The number of halogens is 2. The molecule has 0 heterocycles. The predicted molar refractivity (Wildman–Crippen MR) is 85.0 cm³/mol. The lowest BCUT2D eigenvalue weighted by Gasteiger charge is -2.22. The maximum atomic E-state index is 13.6. The zero-order valence-corrected chi connectivity index (χ0v) is 13.4. The van der Waals surface area contributed by atoms with Crippen molar-refractivity contribution in [3.8, 4) is 0 Å². The second kappa shape index (κ2) is 6.57. The van der Waals surface area contributed by atoms with Gasteiger partial charge in [0.1, 0.15) is 5.82 Å². The molecule has 0 unspecified atom stereocenters. The summed E-state index contributed by atoms with van der Waals surface area (Å²) in [5.41, 5.74) is 0.483. The Labute approximate surface area is 133 Å². The Kier molecular flexibility index (Phi) is 4.75. The van der Waals surface area contributed by atoms with Gasteiger partial charge in [-0.1, -0.05) is 24.1 Å². The molecule has 0 radical (unpaired) electrons. The minimum Gasteiger partial charge on any atom is -0.352 e. The van der Waals surface area contributed by atoms with E-state index in [1.165, 1.54) is 37.1 Å². The van der Waals surface area contributed by atoms with Gasteiger partial charge in [-0.15, -0.1) is 11.8 Å². The second-order valence-electron chi connectivity index (χ2n) is 6.04. The van der Waals surface area contributed by atoms with Gasteiger partial charge in [-0.05, 0) is 43.2 Å². The van der Waals surface area contributed by atoms with Gasteiger partial charge >= 0.3 is 0 Å². The summed E-state index contributed by atoms with van der Waals surface area (Å²) < 4.78 is 13.6. The van der Waals surface area contributed by atoms with Crippen molar-refractivity contribution in [3.63, 3.8) is 0 Å². The third-order valence-corrected chi connectivity index (χ3v) is 5.94. The fraction of sp³-hybridized carbons (Fsp3) is 0.562. The van der Waals surface area contributed by atoms with E-state index < -0.39 is 0 Å². The van der Waals surface area contributed by atoms with E-state index in [2.05, 4.69) is 5.32 Å². The molecule has 3 rings (SSSR count). The first kappa shape index (κ1) is 15.2. The molecular weight excluding hydrogens is 309 g/mol. The minimum atomic E-state index is -0.302. The molecule has 0 aliphatic heterocycles. The van der Waals surface area contributed by atoms with E-state index in [4.69, 9.17) is 11.6 Å². The molecule has 0 aromatic heterocycles.